The van der Waals surface area contributed by atoms with Crippen LogP contribution < -0.4 is 10.8 Å². The summed E-state index contributed by atoms with van der Waals surface area (Å²) in [5, 5.41) is 2.76. The van der Waals surface area contributed by atoms with Gasteiger partial charge in [-0.15, -0.1) is 0 Å². The lowest BCUT2D eigenvalue weighted by atomic mass is 10.3. The Labute approximate surface area is 81.7 Å². The van der Waals surface area contributed by atoms with E-state index >= 15 is 0 Å². The summed E-state index contributed by atoms with van der Waals surface area (Å²) in [6, 6.07) is 1.58. The zero-order chi connectivity index (χ0) is 10.6. The lowest BCUT2D eigenvalue weighted by molar-refractivity contribution is 0.0532. The van der Waals surface area contributed by atoms with Crippen LogP contribution in [-0.2, 0) is 4.84 Å². The highest BCUT2D eigenvalue weighted by molar-refractivity contribution is 5.91. The molecule has 1 aromatic rings. The molecule has 0 aliphatic rings. The van der Waals surface area contributed by atoms with E-state index in [1.165, 1.54) is 7.11 Å². The third-order valence-electron chi connectivity index (χ3n) is 1.51. The Kier molecular flexibility index (Phi) is 3.35. The van der Waals surface area contributed by atoms with Crippen molar-refractivity contribution in [1.29, 1.82) is 0 Å². The quantitative estimate of drug-likeness (QED) is 0.671. The van der Waals surface area contributed by atoms with Gasteiger partial charge in [0.25, 0.3) is 5.91 Å². The first kappa shape index (κ1) is 10.4. The summed E-state index contributed by atoms with van der Waals surface area (Å²) < 4.78 is 0. The normalized spacial score (nSPS) is 9.64. The maximum atomic E-state index is 11.3. The second kappa shape index (κ2) is 4.52. The number of anilines is 1. The van der Waals surface area contributed by atoms with E-state index in [0.717, 1.165) is 0 Å². The van der Waals surface area contributed by atoms with Gasteiger partial charge in [0.1, 0.15) is 5.69 Å². The van der Waals surface area contributed by atoms with Gasteiger partial charge in [-0.2, -0.15) is 0 Å². The molecule has 76 valence electrons. The van der Waals surface area contributed by atoms with Crippen LogP contribution in [-0.4, -0.2) is 30.0 Å². The number of nitrogens with zero attached hydrogens (tertiary/aromatic N) is 2. The molecule has 0 spiro atoms. The molecule has 0 unspecified atom stereocenters. The van der Waals surface area contributed by atoms with Crippen LogP contribution in [0, 0.1) is 6.92 Å². The fourth-order valence-electron chi connectivity index (χ4n) is 0.942. The van der Waals surface area contributed by atoms with Crippen molar-refractivity contribution < 1.29 is 9.63 Å². The van der Waals surface area contributed by atoms with Gasteiger partial charge in [-0.25, -0.2) is 15.4 Å². The summed E-state index contributed by atoms with van der Waals surface area (Å²) >= 11 is 0. The van der Waals surface area contributed by atoms with Gasteiger partial charge in [-0.3, -0.25) is 9.63 Å². The number of rotatable bonds is 3. The first-order valence-corrected chi connectivity index (χ1v) is 4.04. The van der Waals surface area contributed by atoms with Crippen molar-refractivity contribution in [3.8, 4) is 0 Å². The van der Waals surface area contributed by atoms with Gasteiger partial charge < -0.3 is 5.32 Å². The van der Waals surface area contributed by atoms with E-state index in [4.69, 9.17) is 0 Å². The molecule has 0 aromatic carbocycles. The monoisotopic (exact) mass is 196 g/mol. The molecule has 14 heavy (non-hydrogen) atoms. The molecule has 1 amide bonds. The van der Waals surface area contributed by atoms with Crippen molar-refractivity contribution in [3.05, 3.63) is 17.5 Å². The van der Waals surface area contributed by atoms with E-state index < -0.39 is 5.91 Å². The lowest BCUT2D eigenvalue weighted by Gasteiger charge is -2.04. The Bertz CT molecular complexity index is 340. The first-order valence-electron chi connectivity index (χ1n) is 4.04. The molecule has 0 aliphatic heterocycles. The zero-order valence-corrected chi connectivity index (χ0v) is 8.29. The molecule has 0 atom stereocenters. The molecular formula is C8H12N4O2. The number of hydroxylamine groups is 1. The Morgan fingerprint density at radius 3 is 2.79 bits per heavy atom. The summed E-state index contributed by atoms with van der Waals surface area (Å²) in [7, 11) is 3.05. The van der Waals surface area contributed by atoms with Gasteiger partial charge in [0.15, 0.2) is 0 Å². The molecule has 1 rings (SSSR count). The average Bonchev–Trinajstić information content (AvgIpc) is 2.17. The predicted octanol–water partition coefficient (Wildman–Crippen LogP) is 0.118. The van der Waals surface area contributed by atoms with Crippen molar-refractivity contribution in [1.82, 2.24) is 15.4 Å². The van der Waals surface area contributed by atoms with Crippen LogP contribution in [0.1, 0.15) is 16.2 Å². The van der Waals surface area contributed by atoms with Crippen molar-refractivity contribution in [2.24, 2.45) is 0 Å². The van der Waals surface area contributed by atoms with Gasteiger partial charge in [0.05, 0.1) is 7.11 Å². The van der Waals surface area contributed by atoms with Crippen LogP contribution in [0.15, 0.2) is 6.07 Å². The lowest BCUT2D eigenvalue weighted by Crippen LogP contribution is -2.23. The smallest absolute Gasteiger partial charge is 0.293 e. The maximum Gasteiger partial charge on any atom is 0.293 e. The highest BCUT2D eigenvalue weighted by Crippen LogP contribution is 2.03. The van der Waals surface area contributed by atoms with Gasteiger partial charge in [0.2, 0.25) is 5.95 Å². The fourth-order valence-corrected chi connectivity index (χ4v) is 0.942. The van der Waals surface area contributed by atoms with Crippen molar-refractivity contribution >= 4 is 11.9 Å². The fraction of sp³-hybridized carbons (Fsp3) is 0.375. The van der Waals surface area contributed by atoms with E-state index in [9.17, 15) is 4.79 Å². The molecule has 0 saturated heterocycles. The molecule has 0 radical (unpaired) electrons. The highest BCUT2D eigenvalue weighted by atomic mass is 16.6. The topological polar surface area (TPSA) is 76.1 Å². The van der Waals surface area contributed by atoms with Crippen molar-refractivity contribution in [3.63, 3.8) is 0 Å². The molecule has 0 aliphatic carbocycles. The second-order valence-corrected chi connectivity index (χ2v) is 2.60. The molecule has 1 heterocycles. The van der Waals surface area contributed by atoms with Crippen LogP contribution >= 0.6 is 0 Å². The molecular weight excluding hydrogens is 184 g/mol. The van der Waals surface area contributed by atoms with Crippen molar-refractivity contribution in [2.45, 2.75) is 6.92 Å². The average molecular weight is 196 g/mol. The van der Waals surface area contributed by atoms with Gasteiger partial charge in [0, 0.05) is 12.7 Å². The molecule has 6 nitrogen and oxygen atoms in total. The minimum atomic E-state index is -0.394. The van der Waals surface area contributed by atoms with E-state index in [1.54, 1.807) is 20.0 Å². The molecule has 0 bridgehead atoms. The molecule has 6 heteroatoms. The zero-order valence-electron chi connectivity index (χ0n) is 8.29. The van der Waals surface area contributed by atoms with Crippen LogP contribution in [0.25, 0.3) is 0 Å². The molecule has 0 saturated carbocycles. The summed E-state index contributed by atoms with van der Waals surface area (Å²) in [5.41, 5.74) is 3.16. The number of nitrogens with one attached hydrogen (secondary N) is 2. The third-order valence-corrected chi connectivity index (χ3v) is 1.51. The third kappa shape index (κ3) is 2.40. The Hall–Kier alpha value is -1.69. The number of carbonyl (C=O) groups excluding carboxylic acids is 1. The summed E-state index contributed by atoms with van der Waals surface area (Å²) in [6.07, 6.45) is 0. The summed E-state index contributed by atoms with van der Waals surface area (Å²) in [6.45, 7) is 1.78. The van der Waals surface area contributed by atoms with E-state index in [-0.39, 0.29) is 5.69 Å². The number of carbonyl (C=O) groups is 1. The predicted molar refractivity (Wildman–Crippen MR) is 50.8 cm³/mol. The molecule has 1 aromatic heterocycles. The minimum absolute atomic E-state index is 0.267. The van der Waals surface area contributed by atoms with Crippen LogP contribution in [0.5, 0.6) is 0 Å². The molecule has 2 N–H and O–H groups in total. The van der Waals surface area contributed by atoms with Crippen LogP contribution in [0.4, 0.5) is 5.95 Å². The van der Waals surface area contributed by atoms with Gasteiger partial charge >= 0.3 is 0 Å². The second-order valence-electron chi connectivity index (χ2n) is 2.60. The maximum absolute atomic E-state index is 11.3. The summed E-state index contributed by atoms with van der Waals surface area (Å²) in [4.78, 5) is 23.8. The van der Waals surface area contributed by atoms with E-state index in [1.807, 2.05) is 0 Å². The largest absolute Gasteiger partial charge is 0.357 e. The van der Waals surface area contributed by atoms with Crippen LogP contribution in [0.2, 0.25) is 0 Å². The Morgan fingerprint density at radius 2 is 2.21 bits per heavy atom. The first-order chi connectivity index (χ1) is 6.67. The standard InChI is InChI=1S/C8H12N4O2/c1-5-4-6(7(13)12-14-3)11-8(9-2)10-5/h4H,1-3H3,(H,12,13)(H,9,10,11). The number of hydrogen-bond donors (Lipinski definition) is 2. The van der Waals surface area contributed by atoms with E-state index in [0.29, 0.717) is 11.6 Å². The number of amides is 1. The van der Waals surface area contributed by atoms with Crippen LogP contribution in [0.3, 0.4) is 0 Å². The number of aromatic nitrogens is 2. The SMILES string of the molecule is CNc1nc(C)cc(C(=O)NOC)n1. The number of hydrogen-bond acceptors (Lipinski definition) is 5. The Balaban J connectivity index is 2.96. The van der Waals surface area contributed by atoms with Gasteiger partial charge in [-0.05, 0) is 13.0 Å². The van der Waals surface area contributed by atoms with E-state index in [2.05, 4.69) is 25.6 Å². The van der Waals surface area contributed by atoms with Crippen molar-refractivity contribution in [2.75, 3.05) is 19.5 Å². The molecule has 0 fully saturated rings. The highest BCUT2D eigenvalue weighted by Gasteiger charge is 2.08. The summed E-state index contributed by atoms with van der Waals surface area (Å²) in [5.74, 6) is 0.0146. The minimum Gasteiger partial charge on any atom is -0.357 e. The van der Waals surface area contributed by atoms with Gasteiger partial charge in [-0.1, -0.05) is 0 Å². The number of aryl methyl sites for hydroxylation is 1. The Morgan fingerprint density at radius 1 is 1.50 bits per heavy atom.